The van der Waals surface area contributed by atoms with Crippen LogP contribution in [0, 0.1) is 0 Å². The van der Waals surface area contributed by atoms with Crippen LogP contribution in [-0.2, 0) is 11.3 Å². The molecule has 1 aliphatic heterocycles. The van der Waals surface area contributed by atoms with Crippen LogP contribution < -0.4 is 0 Å². The quantitative estimate of drug-likeness (QED) is 0.628. The second kappa shape index (κ2) is 3.21. The fraction of sp³-hybridized carbons (Fsp3) is 0.364. The summed E-state index contributed by atoms with van der Waals surface area (Å²) in [6.07, 6.45) is 0.715. The summed E-state index contributed by atoms with van der Waals surface area (Å²) < 4.78 is 0. The van der Waals surface area contributed by atoms with E-state index in [2.05, 4.69) is 19.1 Å². The first-order valence-electron chi connectivity index (χ1n) is 4.61. The van der Waals surface area contributed by atoms with E-state index in [-0.39, 0.29) is 5.91 Å². The molecule has 0 aromatic heterocycles. The molecule has 0 N–H and O–H groups in total. The van der Waals surface area contributed by atoms with Crippen molar-refractivity contribution in [1.82, 2.24) is 4.90 Å². The van der Waals surface area contributed by atoms with Crippen molar-refractivity contribution in [2.24, 2.45) is 0 Å². The third-order valence-corrected chi connectivity index (χ3v) is 2.52. The van der Waals surface area contributed by atoms with E-state index in [4.69, 9.17) is 0 Å². The summed E-state index contributed by atoms with van der Waals surface area (Å²) >= 11 is 0. The molecule has 0 spiro atoms. The molecule has 0 aliphatic carbocycles. The van der Waals surface area contributed by atoms with E-state index in [1.807, 2.05) is 23.1 Å². The fourth-order valence-electron chi connectivity index (χ4n) is 1.64. The maximum absolute atomic E-state index is 11.2. The Bertz CT molecular complexity index is 307. The first-order chi connectivity index (χ1) is 6.27. The van der Waals surface area contributed by atoms with Gasteiger partial charge in [-0.05, 0) is 12.5 Å². The molecule has 0 radical (unpaired) electrons. The van der Waals surface area contributed by atoms with Gasteiger partial charge in [0, 0.05) is 19.0 Å². The molecule has 1 amide bonds. The van der Waals surface area contributed by atoms with E-state index in [0.29, 0.717) is 12.5 Å². The summed E-state index contributed by atoms with van der Waals surface area (Å²) in [7, 11) is 0. The maximum Gasteiger partial charge on any atom is 0.225 e. The lowest BCUT2D eigenvalue weighted by Gasteiger charge is -2.38. The van der Waals surface area contributed by atoms with Crippen LogP contribution in [0.3, 0.4) is 0 Å². The van der Waals surface area contributed by atoms with Crippen molar-refractivity contribution in [2.45, 2.75) is 25.9 Å². The number of hydrogen-bond donors (Lipinski definition) is 0. The van der Waals surface area contributed by atoms with E-state index >= 15 is 0 Å². The van der Waals surface area contributed by atoms with Crippen LogP contribution in [0.1, 0.15) is 18.9 Å². The minimum Gasteiger partial charge on any atom is -0.335 e. The first kappa shape index (κ1) is 8.30. The summed E-state index contributed by atoms with van der Waals surface area (Å²) in [5.41, 5.74) is 1.21. The molecule has 1 atom stereocenters. The van der Waals surface area contributed by atoms with Crippen molar-refractivity contribution in [3.63, 3.8) is 0 Å². The number of hydrogen-bond acceptors (Lipinski definition) is 1. The molecule has 2 heteroatoms. The molecule has 1 saturated heterocycles. The molecule has 1 aromatic carbocycles. The average Bonchev–Trinajstić information content (AvgIpc) is 2.16. The molecule has 2 rings (SSSR count). The zero-order chi connectivity index (χ0) is 9.26. The smallest absolute Gasteiger partial charge is 0.225 e. The standard InChI is InChI=1S/C11H13NO/c1-9-7-11(13)12(9)8-10-5-3-2-4-6-10/h2-6,9H,7-8H2,1H3. The lowest BCUT2D eigenvalue weighted by Crippen LogP contribution is -2.49. The number of rotatable bonds is 2. The van der Waals surface area contributed by atoms with Gasteiger partial charge in [-0.1, -0.05) is 30.3 Å². The highest BCUT2D eigenvalue weighted by Gasteiger charge is 2.31. The Kier molecular flexibility index (Phi) is 2.05. The lowest BCUT2D eigenvalue weighted by atomic mass is 10.0. The third kappa shape index (κ3) is 1.57. The highest BCUT2D eigenvalue weighted by Crippen LogP contribution is 2.20. The Labute approximate surface area is 78.2 Å². The summed E-state index contributed by atoms with van der Waals surface area (Å²) in [4.78, 5) is 13.1. The van der Waals surface area contributed by atoms with Gasteiger partial charge in [0.15, 0.2) is 0 Å². The summed E-state index contributed by atoms with van der Waals surface area (Å²) in [6.45, 7) is 2.85. The van der Waals surface area contributed by atoms with Crippen molar-refractivity contribution in [1.29, 1.82) is 0 Å². The number of benzene rings is 1. The van der Waals surface area contributed by atoms with Gasteiger partial charge in [0.1, 0.15) is 0 Å². The molecule has 1 fully saturated rings. The molecule has 2 nitrogen and oxygen atoms in total. The molecule has 1 unspecified atom stereocenters. The van der Waals surface area contributed by atoms with Crippen LogP contribution in [-0.4, -0.2) is 16.8 Å². The Hall–Kier alpha value is -1.31. The second-order valence-corrected chi connectivity index (χ2v) is 3.56. The SMILES string of the molecule is CC1CC(=O)N1Cc1ccccc1. The zero-order valence-electron chi connectivity index (χ0n) is 7.73. The number of β-lactam (4-membered cyclic amide) rings is 1. The molecule has 1 aliphatic rings. The van der Waals surface area contributed by atoms with E-state index in [1.54, 1.807) is 0 Å². The lowest BCUT2D eigenvalue weighted by molar-refractivity contribution is -0.145. The van der Waals surface area contributed by atoms with E-state index in [9.17, 15) is 4.79 Å². The summed E-state index contributed by atoms with van der Waals surface area (Å²) in [5.74, 6) is 0.274. The minimum absolute atomic E-state index is 0.274. The van der Waals surface area contributed by atoms with Crippen LogP contribution in [0.5, 0.6) is 0 Å². The predicted octanol–water partition coefficient (Wildman–Crippen LogP) is 1.81. The van der Waals surface area contributed by atoms with Gasteiger partial charge in [-0.3, -0.25) is 4.79 Å². The van der Waals surface area contributed by atoms with Crippen LogP contribution in [0.25, 0.3) is 0 Å². The Morgan fingerprint density at radius 3 is 2.62 bits per heavy atom. The Balaban J connectivity index is 2.02. The van der Waals surface area contributed by atoms with Crippen molar-refractivity contribution >= 4 is 5.91 Å². The Morgan fingerprint density at radius 1 is 1.38 bits per heavy atom. The van der Waals surface area contributed by atoms with E-state index in [1.165, 1.54) is 5.56 Å². The van der Waals surface area contributed by atoms with Crippen molar-refractivity contribution < 1.29 is 4.79 Å². The molecular formula is C11H13NO. The highest BCUT2D eigenvalue weighted by molar-refractivity contribution is 5.82. The summed E-state index contributed by atoms with van der Waals surface area (Å²) in [6, 6.07) is 10.5. The van der Waals surface area contributed by atoms with Crippen LogP contribution in [0.2, 0.25) is 0 Å². The second-order valence-electron chi connectivity index (χ2n) is 3.56. The average molecular weight is 175 g/mol. The van der Waals surface area contributed by atoms with E-state index < -0.39 is 0 Å². The van der Waals surface area contributed by atoms with Gasteiger partial charge in [0.2, 0.25) is 5.91 Å². The van der Waals surface area contributed by atoms with Crippen molar-refractivity contribution in [2.75, 3.05) is 0 Å². The van der Waals surface area contributed by atoms with Gasteiger partial charge in [-0.2, -0.15) is 0 Å². The fourth-order valence-corrected chi connectivity index (χ4v) is 1.64. The number of likely N-dealkylation sites (tertiary alicyclic amines) is 1. The zero-order valence-corrected chi connectivity index (χ0v) is 7.73. The van der Waals surface area contributed by atoms with Crippen LogP contribution in [0.15, 0.2) is 30.3 Å². The number of nitrogens with zero attached hydrogens (tertiary/aromatic N) is 1. The van der Waals surface area contributed by atoms with Gasteiger partial charge >= 0.3 is 0 Å². The Morgan fingerprint density at radius 2 is 2.08 bits per heavy atom. The molecule has 13 heavy (non-hydrogen) atoms. The first-order valence-corrected chi connectivity index (χ1v) is 4.61. The van der Waals surface area contributed by atoms with Crippen LogP contribution >= 0.6 is 0 Å². The van der Waals surface area contributed by atoms with Crippen molar-refractivity contribution in [3.8, 4) is 0 Å². The number of amides is 1. The largest absolute Gasteiger partial charge is 0.335 e. The van der Waals surface area contributed by atoms with Crippen molar-refractivity contribution in [3.05, 3.63) is 35.9 Å². The van der Waals surface area contributed by atoms with Gasteiger partial charge in [-0.25, -0.2) is 0 Å². The van der Waals surface area contributed by atoms with E-state index in [0.717, 1.165) is 6.54 Å². The predicted molar refractivity (Wildman–Crippen MR) is 51.1 cm³/mol. The minimum atomic E-state index is 0.274. The molecule has 1 aromatic rings. The number of carbonyl (C=O) groups is 1. The molecule has 1 heterocycles. The monoisotopic (exact) mass is 175 g/mol. The van der Waals surface area contributed by atoms with Gasteiger partial charge in [0.05, 0.1) is 0 Å². The van der Waals surface area contributed by atoms with Gasteiger partial charge in [0.25, 0.3) is 0 Å². The third-order valence-electron chi connectivity index (χ3n) is 2.52. The van der Waals surface area contributed by atoms with Crippen LogP contribution in [0.4, 0.5) is 0 Å². The maximum atomic E-state index is 11.2. The summed E-state index contributed by atoms with van der Waals surface area (Å²) in [5, 5.41) is 0. The molecule has 68 valence electrons. The number of carbonyl (C=O) groups excluding carboxylic acids is 1. The van der Waals surface area contributed by atoms with Gasteiger partial charge < -0.3 is 4.90 Å². The highest BCUT2D eigenvalue weighted by atomic mass is 16.2. The molecule has 0 bridgehead atoms. The topological polar surface area (TPSA) is 20.3 Å². The molecule has 0 saturated carbocycles. The normalized spacial score (nSPS) is 21.5. The molecular weight excluding hydrogens is 162 g/mol. The van der Waals surface area contributed by atoms with Gasteiger partial charge in [-0.15, -0.1) is 0 Å².